The molecule has 0 fully saturated rings. The van der Waals surface area contributed by atoms with E-state index in [0.29, 0.717) is 11.4 Å². The van der Waals surface area contributed by atoms with Crippen LogP contribution in [0.1, 0.15) is 20.9 Å². The highest BCUT2D eigenvalue weighted by molar-refractivity contribution is 8.00. The monoisotopic (exact) mass is 395 g/mol. The second-order valence-electron chi connectivity index (χ2n) is 5.70. The van der Waals surface area contributed by atoms with Crippen molar-refractivity contribution in [3.8, 4) is 0 Å². The van der Waals surface area contributed by atoms with Crippen LogP contribution in [-0.2, 0) is 4.79 Å². The van der Waals surface area contributed by atoms with Crippen molar-refractivity contribution in [2.45, 2.75) is 4.90 Å². The number of benzene rings is 2. The van der Waals surface area contributed by atoms with Crippen molar-refractivity contribution in [2.24, 2.45) is 5.73 Å². The van der Waals surface area contributed by atoms with Crippen LogP contribution in [0.5, 0.6) is 0 Å². The average Bonchev–Trinajstić information content (AvgIpc) is 3.23. The quantitative estimate of drug-likeness (QED) is 0.531. The predicted molar refractivity (Wildman–Crippen MR) is 107 cm³/mol. The lowest BCUT2D eigenvalue weighted by Gasteiger charge is -2.09. The Morgan fingerprint density at radius 1 is 0.929 bits per heavy atom. The zero-order valence-corrected chi connectivity index (χ0v) is 15.5. The van der Waals surface area contributed by atoms with Crippen LogP contribution in [0.25, 0.3) is 0 Å². The SMILES string of the molecule is NC(=O)c1ccccc1NC(=O)CSc1ccc(NC(=O)c2ccco2)cc1. The van der Waals surface area contributed by atoms with Crippen molar-refractivity contribution in [1.82, 2.24) is 0 Å². The normalized spacial score (nSPS) is 10.3. The number of carbonyl (C=O) groups excluding carboxylic acids is 3. The molecule has 0 saturated heterocycles. The third kappa shape index (κ3) is 5.01. The number of para-hydroxylation sites is 1. The molecule has 0 aliphatic heterocycles. The molecule has 0 bridgehead atoms. The highest BCUT2D eigenvalue weighted by atomic mass is 32.2. The molecule has 28 heavy (non-hydrogen) atoms. The summed E-state index contributed by atoms with van der Waals surface area (Å²) in [4.78, 5) is 36.3. The van der Waals surface area contributed by atoms with Crippen LogP contribution in [-0.4, -0.2) is 23.5 Å². The van der Waals surface area contributed by atoms with E-state index in [2.05, 4.69) is 10.6 Å². The molecule has 2 aromatic carbocycles. The zero-order valence-electron chi connectivity index (χ0n) is 14.7. The highest BCUT2D eigenvalue weighted by Gasteiger charge is 2.11. The van der Waals surface area contributed by atoms with Crippen molar-refractivity contribution in [3.63, 3.8) is 0 Å². The standard InChI is InChI=1S/C20H17N3O4S/c21-19(25)15-4-1-2-5-16(15)23-18(24)12-28-14-9-7-13(8-10-14)22-20(26)17-6-3-11-27-17/h1-11H,12H2,(H2,21,25)(H,22,26)(H,23,24). The molecule has 142 valence electrons. The predicted octanol–water partition coefficient (Wildman–Crippen LogP) is 3.36. The van der Waals surface area contributed by atoms with Crippen LogP contribution < -0.4 is 16.4 Å². The minimum Gasteiger partial charge on any atom is -0.459 e. The molecule has 3 rings (SSSR count). The van der Waals surface area contributed by atoms with E-state index >= 15 is 0 Å². The Morgan fingerprint density at radius 3 is 2.36 bits per heavy atom. The van der Waals surface area contributed by atoms with E-state index < -0.39 is 5.91 Å². The summed E-state index contributed by atoms with van der Waals surface area (Å²) in [5.74, 6) is -0.806. The molecule has 0 spiro atoms. The Hall–Kier alpha value is -3.52. The first-order chi connectivity index (χ1) is 13.5. The molecule has 0 saturated carbocycles. The molecule has 0 radical (unpaired) electrons. The van der Waals surface area contributed by atoms with Gasteiger partial charge in [-0.2, -0.15) is 0 Å². The van der Waals surface area contributed by atoms with Gasteiger partial charge in [0.1, 0.15) is 0 Å². The van der Waals surface area contributed by atoms with Crippen LogP contribution in [0.2, 0.25) is 0 Å². The fourth-order valence-electron chi connectivity index (χ4n) is 2.38. The topological polar surface area (TPSA) is 114 Å². The molecule has 8 heteroatoms. The van der Waals surface area contributed by atoms with E-state index in [1.54, 1.807) is 60.7 Å². The maximum absolute atomic E-state index is 12.2. The summed E-state index contributed by atoms with van der Waals surface area (Å²) in [6.07, 6.45) is 1.43. The van der Waals surface area contributed by atoms with E-state index in [1.807, 2.05) is 0 Å². The van der Waals surface area contributed by atoms with Crippen LogP contribution >= 0.6 is 11.8 Å². The van der Waals surface area contributed by atoms with Gasteiger partial charge < -0.3 is 20.8 Å². The summed E-state index contributed by atoms with van der Waals surface area (Å²) in [5.41, 5.74) is 6.57. The lowest BCUT2D eigenvalue weighted by Crippen LogP contribution is -2.19. The Bertz CT molecular complexity index is 985. The van der Waals surface area contributed by atoms with Gasteiger partial charge in [0.15, 0.2) is 5.76 Å². The van der Waals surface area contributed by atoms with Gasteiger partial charge in [-0.1, -0.05) is 12.1 Å². The first kappa shape index (κ1) is 19.2. The van der Waals surface area contributed by atoms with E-state index in [0.717, 1.165) is 4.90 Å². The van der Waals surface area contributed by atoms with Gasteiger partial charge >= 0.3 is 0 Å². The number of hydrogen-bond acceptors (Lipinski definition) is 5. The number of anilines is 2. The molecule has 1 heterocycles. The Labute approximate surface area is 165 Å². The second-order valence-corrected chi connectivity index (χ2v) is 6.75. The zero-order chi connectivity index (χ0) is 19.9. The Kier molecular flexibility index (Phi) is 6.13. The molecule has 0 atom stereocenters. The van der Waals surface area contributed by atoms with Crippen molar-refractivity contribution < 1.29 is 18.8 Å². The van der Waals surface area contributed by atoms with Gasteiger partial charge in [0.2, 0.25) is 5.91 Å². The minimum absolute atomic E-state index is 0.158. The van der Waals surface area contributed by atoms with Crippen molar-refractivity contribution >= 4 is 40.9 Å². The molecule has 3 amide bonds. The van der Waals surface area contributed by atoms with Crippen LogP contribution in [0.4, 0.5) is 11.4 Å². The summed E-state index contributed by atoms with van der Waals surface area (Å²) < 4.78 is 5.04. The van der Waals surface area contributed by atoms with Gasteiger partial charge in [-0.15, -0.1) is 11.8 Å². The number of nitrogens with two attached hydrogens (primary N) is 1. The fraction of sp³-hybridized carbons (Fsp3) is 0.0500. The Morgan fingerprint density at radius 2 is 1.68 bits per heavy atom. The summed E-state index contributed by atoms with van der Waals surface area (Å²) in [6.45, 7) is 0. The smallest absolute Gasteiger partial charge is 0.291 e. The van der Waals surface area contributed by atoms with Gasteiger partial charge in [0.05, 0.1) is 23.3 Å². The fourth-order valence-corrected chi connectivity index (χ4v) is 3.08. The summed E-state index contributed by atoms with van der Waals surface area (Å²) in [5, 5.41) is 5.41. The number of furan rings is 1. The molecular weight excluding hydrogens is 378 g/mol. The van der Waals surface area contributed by atoms with Crippen molar-refractivity contribution in [2.75, 3.05) is 16.4 Å². The van der Waals surface area contributed by atoms with Crippen LogP contribution in [0.15, 0.2) is 76.2 Å². The first-order valence-electron chi connectivity index (χ1n) is 8.29. The third-order valence-electron chi connectivity index (χ3n) is 3.69. The van der Waals surface area contributed by atoms with E-state index in [4.69, 9.17) is 10.2 Å². The summed E-state index contributed by atoms with van der Waals surface area (Å²) in [7, 11) is 0. The van der Waals surface area contributed by atoms with Gasteiger partial charge in [0, 0.05) is 10.6 Å². The maximum Gasteiger partial charge on any atom is 0.291 e. The molecule has 0 aliphatic rings. The molecule has 0 aliphatic carbocycles. The van der Waals surface area contributed by atoms with E-state index in [-0.39, 0.29) is 28.9 Å². The van der Waals surface area contributed by atoms with Crippen molar-refractivity contribution in [1.29, 1.82) is 0 Å². The Balaban J connectivity index is 1.53. The van der Waals surface area contributed by atoms with Gasteiger partial charge in [-0.25, -0.2) is 0 Å². The van der Waals surface area contributed by atoms with Crippen molar-refractivity contribution in [3.05, 3.63) is 78.3 Å². The molecular formula is C20H17N3O4S. The van der Waals surface area contributed by atoms with Gasteiger partial charge in [-0.3, -0.25) is 14.4 Å². The number of primary amides is 1. The summed E-state index contributed by atoms with van der Waals surface area (Å²) >= 11 is 1.33. The van der Waals surface area contributed by atoms with Crippen LogP contribution in [0, 0.1) is 0 Å². The average molecular weight is 395 g/mol. The van der Waals surface area contributed by atoms with Gasteiger partial charge in [0.25, 0.3) is 11.8 Å². The first-order valence-corrected chi connectivity index (χ1v) is 9.28. The molecule has 0 unspecified atom stereocenters. The highest BCUT2D eigenvalue weighted by Crippen LogP contribution is 2.22. The molecule has 1 aromatic heterocycles. The molecule has 7 nitrogen and oxygen atoms in total. The number of rotatable bonds is 7. The molecule has 4 N–H and O–H groups in total. The lowest BCUT2D eigenvalue weighted by molar-refractivity contribution is -0.113. The number of hydrogen-bond donors (Lipinski definition) is 3. The number of amides is 3. The third-order valence-corrected chi connectivity index (χ3v) is 4.71. The number of nitrogens with one attached hydrogen (secondary N) is 2. The largest absolute Gasteiger partial charge is 0.459 e. The minimum atomic E-state index is -0.601. The van der Waals surface area contributed by atoms with Gasteiger partial charge in [-0.05, 0) is 48.5 Å². The number of thioether (sulfide) groups is 1. The second kappa shape index (κ2) is 8.92. The van der Waals surface area contributed by atoms with E-state index in [9.17, 15) is 14.4 Å². The maximum atomic E-state index is 12.2. The van der Waals surface area contributed by atoms with Crippen LogP contribution in [0.3, 0.4) is 0 Å². The lowest BCUT2D eigenvalue weighted by atomic mass is 10.1. The summed E-state index contributed by atoms with van der Waals surface area (Å²) in [6, 6.07) is 16.9. The molecule has 3 aromatic rings. The number of carbonyl (C=O) groups is 3. The van der Waals surface area contributed by atoms with E-state index in [1.165, 1.54) is 18.0 Å².